The molecule has 0 N–H and O–H groups in total. The first kappa shape index (κ1) is 14.3. The molecule has 6 nitrogen and oxygen atoms in total. The summed E-state index contributed by atoms with van der Waals surface area (Å²) in [7, 11) is -4.04. The Morgan fingerprint density at radius 2 is 1.83 bits per heavy atom. The van der Waals surface area contributed by atoms with Crippen molar-refractivity contribution in [1.82, 2.24) is 0 Å². The Morgan fingerprint density at radius 3 is 2.33 bits per heavy atom. The van der Waals surface area contributed by atoms with E-state index in [1.54, 1.807) is 20.8 Å². The lowest BCUT2D eigenvalue weighted by Crippen LogP contribution is -2.09. The molecule has 0 spiro atoms. The first-order valence-electron chi connectivity index (χ1n) is 5.18. The predicted octanol–water partition coefficient (Wildman–Crippen LogP) is 2.40. The molecule has 0 saturated heterocycles. The van der Waals surface area contributed by atoms with Crippen molar-refractivity contribution < 1.29 is 13.3 Å². The number of para-hydroxylation sites is 1. The molecule has 1 aromatic carbocycles. The maximum atomic E-state index is 11.9. The third kappa shape index (κ3) is 3.63. The Labute approximate surface area is 106 Å². The lowest BCUT2D eigenvalue weighted by Gasteiger charge is -2.09. The van der Waals surface area contributed by atoms with E-state index in [2.05, 4.69) is 4.40 Å². The second kappa shape index (κ2) is 4.85. The van der Waals surface area contributed by atoms with E-state index < -0.39 is 30.9 Å². The first-order valence-corrected chi connectivity index (χ1v) is 6.62. The van der Waals surface area contributed by atoms with Gasteiger partial charge in [0.25, 0.3) is 15.7 Å². The van der Waals surface area contributed by atoms with Crippen LogP contribution in [0.4, 0.5) is 5.69 Å². The molecule has 0 saturated carbocycles. The Balaban J connectivity index is 3.30. The molecule has 0 amide bonds. The van der Waals surface area contributed by atoms with E-state index in [4.69, 9.17) is 0 Å². The van der Waals surface area contributed by atoms with Crippen LogP contribution < -0.4 is 0 Å². The lowest BCUT2D eigenvalue weighted by molar-refractivity contribution is -0.387. The van der Waals surface area contributed by atoms with E-state index in [0.29, 0.717) is 0 Å². The maximum absolute atomic E-state index is 11.9. The van der Waals surface area contributed by atoms with Gasteiger partial charge < -0.3 is 0 Å². The van der Waals surface area contributed by atoms with E-state index in [-0.39, 0.29) is 0 Å². The minimum Gasteiger partial charge on any atom is -0.258 e. The molecular weight excluding hydrogens is 256 g/mol. The van der Waals surface area contributed by atoms with Crippen molar-refractivity contribution in [2.75, 3.05) is 0 Å². The Hall–Kier alpha value is -1.76. The molecule has 0 heterocycles. The van der Waals surface area contributed by atoms with Crippen molar-refractivity contribution in [3.8, 4) is 0 Å². The van der Waals surface area contributed by atoms with Crippen LogP contribution in [-0.2, 0) is 10.0 Å². The third-order valence-electron chi connectivity index (χ3n) is 1.92. The second-order valence-corrected chi connectivity index (χ2v) is 6.40. The molecule has 18 heavy (non-hydrogen) atoms. The molecule has 0 aromatic heterocycles. The summed E-state index contributed by atoms with van der Waals surface area (Å²) in [6.07, 6.45) is 1.26. The zero-order valence-electron chi connectivity index (χ0n) is 10.3. The van der Waals surface area contributed by atoms with Gasteiger partial charge in [-0.05, 0) is 11.5 Å². The predicted molar refractivity (Wildman–Crippen MR) is 68.2 cm³/mol. The standard InChI is InChI=1S/C11H14N2O4S/c1-11(2,3)8-12-18(16,17)10-7-5-4-6-9(10)13(14)15/h4-8H,1-3H3/b12-8+. The zero-order valence-corrected chi connectivity index (χ0v) is 11.1. The molecule has 0 aliphatic heterocycles. The van der Waals surface area contributed by atoms with Crippen LogP contribution in [0, 0.1) is 15.5 Å². The van der Waals surface area contributed by atoms with Gasteiger partial charge in [0.05, 0.1) is 4.92 Å². The van der Waals surface area contributed by atoms with Crippen molar-refractivity contribution in [2.24, 2.45) is 9.81 Å². The lowest BCUT2D eigenvalue weighted by atomic mass is 10.00. The van der Waals surface area contributed by atoms with Gasteiger partial charge in [0.2, 0.25) is 0 Å². The fourth-order valence-corrected chi connectivity index (χ4v) is 2.34. The summed E-state index contributed by atoms with van der Waals surface area (Å²) in [6, 6.07) is 5.14. The quantitative estimate of drug-likeness (QED) is 0.479. The minimum atomic E-state index is -4.04. The fraction of sp³-hybridized carbons (Fsp3) is 0.364. The Bertz CT molecular complexity index is 585. The van der Waals surface area contributed by atoms with E-state index in [9.17, 15) is 18.5 Å². The van der Waals surface area contributed by atoms with E-state index in [1.165, 1.54) is 24.4 Å². The largest absolute Gasteiger partial charge is 0.289 e. The number of hydrogen-bond acceptors (Lipinski definition) is 4. The average molecular weight is 270 g/mol. The van der Waals surface area contributed by atoms with Crippen LogP contribution >= 0.6 is 0 Å². The summed E-state index contributed by atoms with van der Waals surface area (Å²) < 4.78 is 27.3. The van der Waals surface area contributed by atoms with E-state index in [0.717, 1.165) is 6.07 Å². The number of nitrogens with zero attached hydrogens (tertiary/aromatic N) is 2. The highest BCUT2D eigenvalue weighted by Gasteiger charge is 2.24. The number of hydrogen-bond donors (Lipinski definition) is 0. The minimum absolute atomic E-state index is 0.393. The fourth-order valence-electron chi connectivity index (χ4n) is 1.11. The molecule has 0 atom stereocenters. The molecule has 0 aliphatic carbocycles. The normalized spacial score (nSPS) is 12.8. The molecule has 1 rings (SSSR count). The smallest absolute Gasteiger partial charge is 0.258 e. The second-order valence-electron chi connectivity index (χ2n) is 4.80. The molecule has 0 unspecified atom stereocenters. The van der Waals surface area contributed by atoms with Crippen LogP contribution in [0.2, 0.25) is 0 Å². The third-order valence-corrected chi connectivity index (χ3v) is 3.20. The van der Waals surface area contributed by atoms with Crippen LogP contribution in [-0.4, -0.2) is 19.6 Å². The summed E-state index contributed by atoms with van der Waals surface area (Å²) >= 11 is 0. The number of rotatable bonds is 3. The van der Waals surface area contributed by atoms with Gasteiger partial charge in [0.15, 0.2) is 4.90 Å². The van der Waals surface area contributed by atoms with Gasteiger partial charge in [-0.3, -0.25) is 10.1 Å². The van der Waals surface area contributed by atoms with Crippen LogP contribution in [0.25, 0.3) is 0 Å². The van der Waals surface area contributed by atoms with Gasteiger partial charge in [-0.2, -0.15) is 12.8 Å². The topological polar surface area (TPSA) is 89.6 Å². The van der Waals surface area contributed by atoms with Crippen molar-refractivity contribution in [1.29, 1.82) is 0 Å². The van der Waals surface area contributed by atoms with Gasteiger partial charge in [-0.15, -0.1) is 0 Å². The van der Waals surface area contributed by atoms with Gasteiger partial charge in [0.1, 0.15) is 0 Å². The van der Waals surface area contributed by atoms with Crippen molar-refractivity contribution in [3.63, 3.8) is 0 Å². The van der Waals surface area contributed by atoms with Crippen LogP contribution in [0.5, 0.6) is 0 Å². The van der Waals surface area contributed by atoms with Crippen molar-refractivity contribution in [2.45, 2.75) is 25.7 Å². The monoisotopic (exact) mass is 270 g/mol. The average Bonchev–Trinajstić information content (AvgIpc) is 2.26. The molecular formula is C11H14N2O4S. The molecule has 0 bridgehead atoms. The first-order chi connectivity index (χ1) is 8.13. The zero-order chi connectivity index (χ0) is 14.0. The molecule has 98 valence electrons. The number of sulfonamides is 1. The Kier molecular flexibility index (Phi) is 3.85. The number of nitro groups is 1. The van der Waals surface area contributed by atoms with Gasteiger partial charge in [0, 0.05) is 12.3 Å². The van der Waals surface area contributed by atoms with Gasteiger partial charge >= 0.3 is 0 Å². The highest BCUT2D eigenvalue weighted by atomic mass is 32.2. The highest BCUT2D eigenvalue weighted by molar-refractivity contribution is 7.90. The summed E-state index contributed by atoms with van der Waals surface area (Å²) in [5, 5.41) is 10.8. The number of benzene rings is 1. The van der Waals surface area contributed by atoms with E-state index in [1.807, 2.05) is 0 Å². The molecule has 0 fully saturated rings. The highest BCUT2D eigenvalue weighted by Crippen LogP contribution is 2.25. The summed E-state index contributed by atoms with van der Waals surface area (Å²) in [5.74, 6) is 0. The van der Waals surface area contributed by atoms with Crippen molar-refractivity contribution in [3.05, 3.63) is 34.4 Å². The molecule has 0 radical (unpaired) electrons. The molecule has 7 heteroatoms. The number of nitro benzene ring substituents is 1. The molecule has 1 aromatic rings. The van der Waals surface area contributed by atoms with Crippen LogP contribution in [0.1, 0.15) is 20.8 Å². The summed E-state index contributed by atoms with van der Waals surface area (Å²) in [6.45, 7) is 5.35. The van der Waals surface area contributed by atoms with E-state index >= 15 is 0 Å². The van der Waals surface area contributed by atoms with Gasteiger partial charge in [-0.25, -0.2) is 0 Å². The summed E-state index contributed by atoms with van der Waals surface area (Å²) in [5.41, 5.74) is -0.889. The Morgan fingerprint density at radius 1 is 1.28 bits per heavy atom. The summed E-state index contributed by atoms with van der Waals surface area (Å²) in [4.78, 5) is 9.63. The van der Waals surface area contributed by atoms with Gasteiger partial charge in [-0.1, -0.05) is 32.9 Å². The maximum Gasteiger partial charge on any atom is 0.289 e. The molecule has 0 aliphatic rings. The van der Waals surface area contributed by atoms with Crippen molar-refractivity contribution >= 4 is 21.9 Å². The SMILES string of the molecule is CC(C)(C)/C=N/S(=O)(=O)c1ccccc1[N+](=O)[O-]. The van der Waals surface area contributed by atoms with Crippen LogP contribution in [0.3, 0.4) is 0 Å². The van der Waals surface area contributed by atoms with Crippen LogP contribution in [0.15, 0.2) is 33.6 Å².